The minimum Gasteiger partial charge on any atom is -0.441 e. The Morgan fingerprint density at radius 3 is 2.48 bits per heavy atom. The van der Waals surface area contributed by atoms with Crippen molar-refractivity contribution in [3.05, 3.63) is 77.8 Å². The molecule has 1 amide bonds. The highest BCUT2D eigenvalue weighted by atomic mass is 16.4. The fourth-order valence-electron chi connectivity index (χ4n) is 4.13. The molecule has 174 valence electrons. The summed E-state index contributed by atoms with van der Waals surface area (Å²) in [5.74, 6) is 1.40. The Balaban J connectivity index is 1.08. The van der Waals surface area contributed by atoms with Crippen molar-refractivity contribution < 1.29 is 9.21 Å². The van der Waals surface area contributed by atoms with Gasteiger partial charge >= 0.3 is 0 Å². The first-order chi connectivity index (χ1) is 16.2. The number of rotatable bonds is 10. The number of carbonyl (C=O) groups is 1. The number of hydrogen-bond donors (Lipinski definition) is 1. The van der Waals surface area contributed by atoms with Gasteiger partial charge in [-0.15, -0.1) is 0 Å². The van der Waals surface area contributed by atoms with Crippen LogP contribution < -0.4 is 5.32 Å². The summed E-state index contributed by atoms with van der Waals surface area (Å²) < 4.78 is 5.81. The summed E-state index contributed by atoms with van der Waals surface area (Å²) >= 11 is 0. The van der Waals surface area contributed by atoms with Crippen LogP contribution >= 0.6 is 0 Å². The molecule has 0 saturated carbocycles. The monoisotopic (exact) mass is 446 g/mol. The Morgan fingerprint density at radius 2 is 1.73 bits per heavy atom. The quantitative estimate of drug-likeness (QED) is 0.479. The van der Waals surface area contributed by atoms with E-state index in [0.717, 1.165) is 57.0 Å². The highest BCUT2D eigenvalue weighted by Gasteiger charge is 2.16. The van der Waals surface area contributed by atoms with Gasteiger partial charge in [-0.1, -0.05) is 60.2 Å². The van der Waals surface area contributed by atoms with Crippen molar-refractivity contribution in [3.63, 3.8) is 0 Å². The summed E-state index contributed by atoms with van der Waals surface area (Å²) in [7, 11) is 0. The topological polar surface area (TPSA) is 61.6 Å². The first-order valence-corrected chi connectivity index (χ1v) is 11.9. The van der Waals surface area contributed by atoms with E-state index in [9.17, 15) is 4.79 Å². The molecule has 1 fully saturated rings. The van der Waals surface area contributed by atoms with Crippen LogP contribution in [0.15, 0.2) is 65.2 Å². The molecule has 1 saturated heterocycles. The van der Waals surface area contributed by atoms with Crippen molar-refractivity contribution in [2.75, 3.05) is 39.3 Å². The lowest BCUT2D eigenvalue weighted by molar-refractivity contribution is -0.121. The SMILES string of the molecule is Cc1ccc(-c2cnc(CCC(=O)NCCCN3CCN(Cc4ccccc4)CC3)o2)cc1. The number of carbonyl (C=O) groups excluding carboxylic acids is 1. The molecule has 3 aromatic rings. The zero-order valence-electron chi connectivity index (χ0n) is 19.5. The number of hydrogen-bond acceptors (Lipinski definition) is 5. The first-order valence-electron chi connectivity index (χ1n) is 11.9. The zero-order valence-corrected chi connectivity index (χ0v) is 19.5. The average Bonchev–Trinajstić information content (AvgIpc) is 3.32. The summed E-state index contributed by atoms with van der Waals surface area (Å²) in [4.78, 5) is 21.5. The third kappa shape index (κ3) is 7.27. The molecule has 33 heavy (non-hydrogen) atoms. The maximum atomic E-state index is 12.2. The predicted octanol–water partition coefficient (Wildman–Crippen LogP) is 3.91. The van der Waals surface area contributed by atoms with Crippen molar-refractivity contribution in [1.82, 2.24) is 20.1 Å². The summed E-state index contributed by atoms with van der Waals surface area (Å²) in [5, 5.41) is 3.03. The molecule has 2 heterocycles. The van der Waals surface area contributed by atoms with Gasteiger partial charge in [-0.05, 0) is 25.5 Å². The van der Waals surface area contributed by atoms with Crippen molar-refractivity contribution in [3.8, 4) is 11.3 Å². The highest BCUT2D eigenvalue weighted by Crippen LogP contribution is 2.21. The maximum Gasteiger partial charge on any atom is 0.220 e. The van der Waals surface area contributed by atoms with Gasteiger partial charge in [-0.25, -0.2) is 4.98 Å². The van der Waals surface area contributed by atoms with Crippen LogP contribution in [0.1, 0.15) is 29.9 Å². The van der Waals surface area contributed by atoms with E-state index in [2.05, 4.69) is 69.5 Å². The molecule has 0 spiro atoms. The van der Waals surface area contributed by atoms with Gasteiger partial charge in [0, 0.05) is 57.7 Å². The normalized spacial score (nSPS) is 14.9. The predicted molar refractivity (Wildman–Crippen MR) is 131 cm³/mol. The lowest BCUT2D eigenvalue weighted by atomic mass is 10.1. The number of amides is 1. The summed E-state index contributed by atoms with van der Waals surface area (Å²) in [6.45, 7) is 9.21. The van der Waals surface area contributed by atoms with E-state index in [0.29, 0.717) is 25.3 Å². The molecule has 0 atom stereocenters. The van der Waals surface area contributed by atoms with E-state index in [1.165, 1.54) is 11.1 Å². The number of nitrogens with one attached hydrogen (secondary N) is 1. The van der Waals surface area contributed by atoms with Gasteiger partial charge in [0.2, 0.25) is 5.91 Å². The minimum absolute atomic E-state index is 0.0535. The van der Waals surface area contributed by atoms with Gasteiger partial charge in [-0.2, -0.15) is 0 Å². The molecule has 0 radical (unpaired) electrons. The van der Waals surface area contributed by atoms with Crippen molar-refractivity contribution >= 4 is 5.91 Å². The number of aryl methyl sites for hydroxylation is 2. The van der Waals surface area contributed by atoms with Gasteiger partial charge in [0.1, 0.15) is 0 Å². The molecule has 2 aromatic carbocycles. The third-order valence-corrected chi connectivity index (χ3v) is 6.14. The largest absolute Gasteiger partial charge is 0.441 e. The standard InChI is InChI=1S/C27H34N4O2/c1-22-8-10-24(11-9-22)25-20-29-27(33-25)13-12-26(32)28-14-5-15-30-16-18-31(19-17-30)21-23-6-3-2-4-7-23/h2-4,6-11,20H,5,12-19,21H2,1H3,(H,28,32). The van der Waals surface area contributed by atoms with Crippen LogP contribution in [0.5, 0.6) is 0 Å². The van der Waals surface area contributed by atoms with Crippen LogP contribution in [0, 0.1) is 6.92 Å². The van der Waals surface area contributed by atoms with Crippen LogP contribution in [0.4, 0.5) is 0 Å². The molecule has 1 N–H and O–H groups in total. The molecular formula is C27H34N4O2. The Morgan fingerprint density at radius 1 is 1.00 bits per heavy atom. The number of oxazole rings is 1. The van der Waals surface area contributed by atoms with Crippen molar-refractivity contribution in [2.24, 2.45) is 0 Å². The molecule has 1 aliphatic heterocycles. The molecule has 1 aliphatic rings. The van der Waals surface area contributed by atoms with E-state index in [1.807, 2.05) is 12.1 Å². The Hall–Kier alpha value is -2.96. The molecular weight excluding hydrogens is 412 g/mol. The van der Waals surface area contributed by atoms with Crippen molar-refractivity contribution in [1.29, 1.82) is 0 Å². The highest BCUT2D eigenvalue weighted by molar-refractivity contribution is 5.76. The van der Waals surface area contributed by atoms with Gasteiger partial charge in [0.25, 0.3) is 0 Å². The van der Waals surface area contributed by atoms with Gasteiger partial charge in [0.15, 0.2) is 11.7 Å². The second-order valence-corrected chi connectivity index (χ2v) is 8.79. The molecule has 6 nitrogen and oxygen atoms in total. The smallest absolute Gasteiger partial charge is 0.220 e. The van der Waals surface area contributed by atoms with Crippen molar-refractivity contribution in [2.45, 2.75) is 32.7 Å². The summed E-state index contributed by atoms with van der Waals surface area (Å²) in [6.07, 6.45) is 3.62. The number of piperazine rings is 1. The molecule has 4 rings (SSSR count). The first kappa shape index (κ1) is 23.2. The minimum atomic E-state index is 0.0535. The number of nitrogens with zero attached hydrogens (tertiary/aromatic N) is 3. The average molecular weight is 447 g/mol. The lowest BCUT2D eigenvalue weighted by Gasteiger charge is -2.34. The zero-order chi connectivity index (χ0) is 22.9. The van der Waals surface area contributed by atoms with Gasteiger partial charge in [-0.3, -0.25) is 9.69 Å². The molecule has 0 aliphatic carbocycles. The van der Waals surface area contributed by atoms with E-state index in [4.69, 9.17) is 4.42 Å². The van der Waals surface area contributed by atoms with Crippen LogP contribution in [0.3, 0.4) is 0 Å². The Kier molecular flexibility index (Phi) is 8.28. The second kappa shape index (κ2) is 11.8. The molecule has 0 unspecified atom stereocenters. The second-order valence-electron chi connectivity index (χ2n) is 8.79. The maximum absolute atomic E-state index is 12.2. The molecule has 6 heteroatoms. The number of benzene rings is 2. The fourth-order valence-corrected chi connectivity index (χ4v) is 4.13. The number of aromatic nitrogens is 1. The van der Waals surface area contributed by atoms with Crippen LogP contribution in [-0.2, 0) is 17.8 Å². The van der Waals surface area contributed by atoms with Gasteiger partial charge < -0.3 is 14.6 Å². The van der Waals surface area contributed by atoms with Crippen LogP contribution in [0.2, 0.25) is 0 Å². The van der Waals surface area contributed by atoms with E-state index in [-0.39, 0.29) is 5.91 Å². The Bertz CT molecular complexity index is 992. The lowest BCUT2D eigenvalue weighted by Crippen LogP contribution is -2.46. The van der Waals surface area contributed by atoms with Crippen LogP contribution in [0.25, 0.3) is 11.3 Å². The van der Waals surface area contributed by atoms with E-state index < -0.39 is 0 Å². The van der Waals surface area contributed by atoms with E-state index >= 15 is 0 Å². The molecule has 1 aromatic heterocycles. The van der Waals surface area contributed by atoms with Crippen LogP contribution in [-0.4, -0.2) is 60.0 Å². The summed E-state index contributed by atoms with van der Waals surface area (Å²) in [6, 6.07) is 18.8. The van der Waals surface area contributed by atoms with Gasteiger partial charge in [0.05, 0.1) is 6.20 Å². The summed E-state index contributed by atoms with van der Waals surface area (Å²) in [5.41, 5.74) is 3.59. The molecule has 0 bridgehead atoms. The third-order valence-electron chi connectivity index (χ3n) is 6.14. The Labute approximate surface area is 196 Å². The fraction of sp³-hybridized carbons (Fsp3) is 0.407. The van der Waals surface area contributed by atoms with E-state index in [1.54, 1.807) is 6.20 Å².